The highest BCUT2D eigenvalue weighted by molar-refractivity contribution is 6.76. The van der Waals surface area contributed by atoms with Crippen LogP contribution in [0.1, 0.15) is 0 Å². The molecule has 0 spiro atoms. The Labute approximate surface area is 161 Å². The van der Waals surface area contributed by atoms with Crippen molar-refractivity contribution in [3.8, 4) is 22.8 Å². The second-order valence-electron chi connectivity index (χ2n) is 7.61. The van der Waals surface area contributed by atoms with Gasteiger partial charge < -0.3 is 15.2 Å². The maximum absolute atomic E-state index is 5.82. The lowest BCUT2D eigenvalue weighted by Gasteiger charge is -2.16. The van der Waals surface area contributed by atoms with Gasteiger partial charge in [0.2, 0.25) is 0 Å². The third kappa shape index (κ3) is 5.67. The zero-order chi connectivity index (χ0) is 19.3. The average Bonchev–Trinajstić information content (AvgIpc) is 3.09. The summed E-state index contributed by atoms with van der Waals surface area (Å²) in [6, 6.07) is 14.5. The number of pyridine rings is 1. The highest BCUT2D eigenvalue weighted by atomic mass is 28.3. The van der Waals surface area contributed by atoms with Crippen molar-refractivity contribution >= 4 is 13.9 Å². The van der Waals surface area contributed by atoms with Crippen molar-refractivity contribution in [1.82, 2.24) is 14.8 Å². The van der Waals surface area contributed by atoms with Gasteiger partial charge >= 0.3 is 0 Å². The molecule has 1 aromatic carbocycles. The molecule has 0 aliphatic carbocycles. The van der Waals surface area contributed by atoms with Gasteiger partial charge in [-0.25, -0.2) is 9.67 Å². The largest absolute Gasteiger partial charge is 0.456 e. The van der Waals surface area contributed by atoms with E-state index in [0.29, 0.717) is 18.3 Å². The van der Waals surface area contributed by atoms with E-state index in [2.05, 4.69) is 29.7 Å². The molecule has 3 aromatic rings. The highest BCUT2D eigenvalue weighted by Crippen LogP contribution is 2.25. The van der Waals surface area contributed by atoms with Crippen LogP contribution in [0.4, 0.5) is 5.82 Å². The van der Waals surface area contributed by atoms with Crippen LogP contribution in [0.2, 0.25) is 25.7 Å². The molecule has 6 nitrogen and oxygen atoms in total. The van der Waals surface area contributed by atoms with Gasteiger partial charge in [0.25, 0.3) is 0 Å². The number of nitrogens with two attached hydrogens (primary N) is 1. The van der Waals surface area contributed by atoms with Crippen molar-refractivity contribution in [2.45, 2.75) is 32.4 Å². The number of rotatable bonds is 8. The van der Waals surface area contributed by atoms with E-state index in [1.54, 1.807) is 24.5 Å². The Bertz CT molecular complexity index is 855. The number of aromatic nitrogens is 3. The van der Waals surface area contributed by atoms with Crippen molar-refractivity contribution in [1.29, 1.82) is 0 Å². The zero-order valence-electron chi connectivity index (χ0n) is 16.1. The Kier molecular flexibility index (Phi) is 5.93. The molecule has 27 heavy (non-hydrogen) atoms. The Morgan fingerprint density at radius 3 is 2.41 bits per heavy atom. The van der Waals surface area contributed by atoms with Crippen molar-refractivity contribution in [2.75, 3.05) is 12.3 Å². The molecule has 142 valence electrons. The number of hydrogen-bond acceptors (Lipinski definition) is 5. The van der Waals surface area contributed by atoms with Gasteiger partial charge in [0.1, 0.15) is 24.0 Å². The van der Waals surface area contributed by atoms with Crippen LogP contribution in [-0.2, 0) is 11.5 Å². The van der Waals surface area contributed by atoms with Gasteiger partial charge in [-0.1, -0.05) is 19.6 Å². The van der Waals surface area contributed by atoms with Crippen molar-refractivity contribution in [3.05, 3.63) is 54.9 Å². The second-order valence-corrected chi connectivity index (χ2v) is 13.2. The zero-order valence-corrected chi connectivity index (χ0v) is 17.1. The molecule has 7 heteroatoms. The lowest BCUT2D eigenvalue weighted by Crippen LogP contribution is -2.22. The summed E-state index contributed by atoms with van der Waals surface area (Å²) in [7, 11) is -1.08. The molecule has 0 atom stereocenters. The Hall–Kier alpha value is -2.64. The SMILES string of the molecule is C[Si](C)(C)CCOCn1nccc1-c1ccc(Oc2ccc(N)nc2)cc1. The van der Waals surface area contributed by atoms with Crippen LogP contribution >= 0.6 is 0 Å². The van der Waals surface area contributed by atoms with Crippen LogP contribution in [0, 0.1) is 0 Å². The van der Waals surface area contributed by atoms with E-state index in [-0.39, 0.29) is 0 Å². The van der Waals surface area contributed by atoms with Crippen LogP contribution in [0.15, 0.2) is 54.9 Å². The standard InChI is InChI=1S/C20H26N4O2Si/c1-27(2,3)13-12-25-15-24-19(10-11-23-24)16-4-6-17(7-5-16)26-18-8-9-20(21)22-14-18/h4-11,14H,12-13,15H2,1-3H3,(H2,21,22). The Balaban J connectivity index is 1.62. The maximum atomic E-state index is 5.82. The third-order valence-corrected chi connectivity index (χ3v) is 5.78. The van der Waals surface area contributed by atoms with E-state index in [9.17, 15) is 0 Å². The third-order valence-electron chi connectivity index (χ3n) is 4.07. The molecular weight excluding hydrogens is 356 g/mol. The minimum Gasteiger partial charge on any atom is -0.456 e. The van der Waals surface area contributed by atoms with E-state index in [4.69, 9.17) is 15.2 Å². The van der Waals surface area contributed by atoms with Gasteiger partial charge in [0.15, 0.2) is 0 Å². The number of ether oxygens (including phenoxy) is 2. The summed E-state index contributed by atoms with van der Waals surface area (Å²) in [5.74, 6) is 1.86. The predicted octanol–water partition coefficient (Wildman–Crippen LogP) is 4.63. The molecule has 2 heterocycles. The summed E-state index contributed by atoms with van der Waals surface area (Å²) in [6.07, 6.45) is 3.40. The summed E-state index contributed by atoms with van der Waals surface area (Å²) >= 11 is 0. The van der Waals surface area contributed by atoms with Crippen LogP contribution in [0.5, 0.6) is 11.5 Å². The number of nitrogen functional groups attached to an aromatic ring is 1. The molecular formula is C20H26N4O2Si. The van der Waals surface area contributed by atoms with Crippen molar-refractivity contribution in [2.24, 2.45) is 0 Å². The monoisotopic (exact) mass is 382 g/mol. The fourth-order valence-corrected chi connectivity index (χ4v) is 3.25. The first-order valence-corrected chi connectivity index (χ1v) is 12.7. The Morgan fingerprint density at radius 2 is 1.74 bits per heavy atom. The summed E-state index contributed by atoms with van der Waals surface area (Å²) < 4.78 is 13.5. The van der Waals surface area contributed by atoms with Gasteiger partial charge in [-0.15, -0.1) is 0 Å². The molecule has 0 radical (unpaired) electrons. The predicted molar refractivity (Wildman–Crippen MR) is 110 cm³/mol. The summed E-state index contributed by atoms with van der Waals surface area (Å²) in [5.41, 5.74) is 7.67. The van der Waals surface area contributed by atoms with Gasteiger partial charge in [0, 0.05) is 26.4 Å². The van der Waals surface area contributed by atoms with Gasteiger partial charge in [-0.05, 0) is 48.5 Å². The quantitative estimate of drug-likeness (QED) is 0.454. The van der Waals surface area contributed by atoms with Crippen LogP contribution in [0.3, 0.4) is 0 Å². The van der Waals surface area contributed by atoms with Crippen molar-refractivity contribution < 1.29 is 9.47 Å². The fourth-order valence-electron chi connectivity index (χ4n) is 2.49. The number of benzene rings is 1. The lowest BCUT2D eigenvalue weighted by atomic mass is 10.1. The van der Waals surface area contributed by atoms with Gasteiger partial charge in [-0.2, -0.15) is 5.10 Å². The molecule has 0 amide bonds. The van der Waals surface area contributed by atoms with E-state index >= 15 is 0 Å². The van der Waals surface area contributed by atoms with Crippen LogP contribution in [0.25, 0.3) is 11.3 Å². The summed E-state index contributed by atoms with van der Waals surface area (Å²) in [4.78, 5) is 4.03. The Morgan fingerprint density at radius 1 is 1.00 bits per heavy atom. The molecule has 0 unspecified atom stereocenters. The van der Waals surface area contributed by atoms with E-state index in [0.717, 1.165) is 29.7 Å². The van der Waals surface area contributed by atoms with E-state index < -0.39 is 8.07 Å². The molecule has 3 rings (SSSR count). The first-order chi connectivity index (χ1) is 12.9. The minimum absolute atomic E-state index is 0.460. The number of nitrogens with zero attached hydrogens (tertiary/aromatic N) is 3. The normalized spacial score (nSPS) is 11.5. The summed E-state index contributed by atoms with van der Waals surface area (Å²) in [5, 5.41) is 4.38. The molecule has 0 bridgehead atoms. The lowest BCUT2D eigenvalue weighted by molar-refractivity contribution is 0.0798. The molecule has 0 saturated carbocycles. The molecule has 0 saturated heterocycles. The molecule has 0 aliphatic heterocycles. The minimum atomic E-state index is -1.08. The number of hydrogen-bond donors (Lipinski definition) is 1. The molecule has 0 fully saturated rings. The average molecular weight is 383 g/mol. The fraction of sp³-hybridized carbons (Fsp3) is 0.300. The first-order valence-electron chi connectivity index (χ1n) is 9.00. The second kappa shape index (κ2) is 8.37. The molecule has 2 N–H and O–H groups in total. The molecule has 0 aliphatic rings. The number of anilines is 1. The summed E-state index contributed by atoms with van der Waals surface area (Å²) in [6.45, 7) is 8.28. The topological polar surface area (TPSA) is 75.2 Å². The van der Waals surface area contributed by atoms with Crippen LogP contribution in [-0.4, -0.2) is 29.4 Å². The van der Waals surface area contributed by atoms with E-state index in [1.165, 1.54) is 0 Å². The maximum Gasteiger partial charge on any atom is 0.145 e. The first kappa shape index (κ1) is 19.1. The van der Waals surface area contributed by atoms with Gasteiger partial charge in [-0.3, -0.25) is 0 Å². The van der Waals surface area contributed by atoms with Crippen molar-refractivity contribution in [3.63, 3.8) is 0 Å². The smallest absolute Gasteiger partial charge is 0.145 e. The highest BCUT2D eigenvalue weighted by Gasteiger charge is 2.12. The van der Waals surface area contributed by atoms with Crippen LogP contribution < -0.4 is 10.5 Å². The van der Waals surface area contributed by atoms with E-state index in [1.807, 2.05) is 35.0 Å². The van der Waals surface area contributed by atoms with Gasteiger partial charge in [0.05, 0.1) is 11.9 Å². The molecule has 2 aromatic heterocycles.